The first-order valence-corrected chi connectivity index (χ1v) is 7.81. The van der Waals surface area contributed by atoms with Crippen molar-refractivity contribution in [2.45, 2.75) is 13.8 Å². The zero-order valence-electron chi connectivity index (χ0n) is 13.8. The van der Waals surface area contributed by atoms with Crippen LogP contribution in [0.4, 0.5) is 11.5 Å². The number of carbonyl (C=O) groups excluding carboxylic acids is 1. The molecule has 0 saturated carbocycles. The summed E-state index contributed by atoms with van der Waals surface area (Å²) in [7, 11) is 1.53. The van der Waals surface area contributed by atoms with E-state index in [2.05, 4.69) is 20.4 Å². The number of ether oxygens (including phenoxy) is 2. The number of aromatic nitrogens is 3. The van der Waals surface area contributed by atoms with E-state index >= 15 is 0 Å². The third-order valence-electron chi connectivity index (χ3n) is 3.48. The fraction of sp³-hybridized carbons (Fsp3) is 0.250. The van der Waals surface area contributed by atoms with Gasteiger partial charge in [0.15, 0.2) is 0 Å². The van der Waals surface area contributed by atoms with Crippen LogP contribution in [0.25, 0.3) is 11.1 Å². The van der Waals surface area contributed by atoms with Crippen molar-refractivity contribution in [2.24, 2.45) is 0 Å². The Bertz CT molecular complexity index is 941. The molecule has 1 N–H and O–H groups in total. The minimum atomic E-state index is -0.613. The van der Waals surface area contributed by atoms with Crippen LogP contribution in [0.2, 0.25) is 5.02 Å². The number of esters is 1. The molecule has 0 saturated heterocycles. The molecular formula is C16H15ClN4O4. The summed E-state index contributed by atoms with van der Waals surface area (Å²) in [5.41, 5.74) is 1.65. The van der Waals surface area contributed by atoms with Crippen LogP contribution in [0, 0.1) is 6.92 Å². The second-order valence-electron chi connectivity index (χ2n) is 5.08. The van der Waals surface area contributed by atoms with E-state index in [0.717, 1.165) is 5.56 Å². The second kappa shape index (κ2) is 6.94. The maximum absolute atomic E-state index is 12.1. The minimum absolute atomic E-state index is 0.00426. The van der Waals surface area contributed by atoms with E-state index in [1.54, 1.807) is 13.0 Å². The summed E-state index contributed by atoms with van der Waals surface area (Å²) in [4.78, 5) is 20.2. The molecule has 0 bridgehead atoms. The Labute approximate surface area is 148 Å². The predicted octanol–water partition coefficient (Wildman–Crippen LogP) is 3.51. The van der Waals surface area contributed by atoms with Crippen LogP contribution >= 0.6 is 11.6 Å². The molecule has 0 unspecified atom stereocenters. The van der Waals surface area contributed by atoms with E-state index in [-0.39, 0.29) is 18.0 Å². The van der Waals surface area contributed by atoms with Gasteiger partial charge in [-0.3, -0.25) is 0 Å². The molecule has 0 aliphatic heterocycles. The highest BCUT2D eigenvalue weighted by molar-refractivity contribution is 6.31. The molecule has 8 nitrogen and oxygen atoms in total. The molecule has 9 heteroatoms. The van der Waals surface area contributed by atoms with Gasteiger partial charge in [0, 0.05) is 11.1 Å². The highest BCUT2D eigenvalue weighted by Crippen LogP contribution is 2.34. The molecule has 3 rings (SSSR count). The van der Waals surface area contributed by atoms with Gasteiger partial charge in [0.05, 0.1) is 19.4 Å². The van der Waals surface area contributed by atoms with Crippen LogP contribution in [0.3, 0.4) is 0 Å². The summed E-state index contributed by atoms with van der Waals surface area (Å²) in [6.45, 7) is 3.79. The Balaban J connectivity index is 2.09. The SMILES string of the molecule is CCOC(=O)c1noc2ncnc(Nc3cc(C)c(Cl)cc3OC)c12. The Morgan fingerprint density at radius 3 is 2.88 bits per heavy atom. The molecule has 0 atom stereocenters. The molecule has 2 aromatic heterocycles. The summed E-state index contributed by atoms with van der Waals surface area (Å²) in [6.07, 6.45) is 1.31. The molecule has 3 aromatic rings. The van der Waals surface area contributed by atoms with Gasteiger partial charge in [-0.2, -0.15) is 4.98 Å². The smallest absolute Gasteiger partial charge is 0.361 e. The maximum atomic E-state index is 12.1. The van der Waals surface area contributed by atoms with Crippen LogP contribution < -0.4 is 10.1 Å². The fourth-order valence-corrected chi connectivity index (χ4v) is 2.43. The topological polar surface area (TPSA) is 99.4 Å². The van der Waals surface area contributed by atoms with Crippen molar-refractivity contribution in [2.75, 3.05) is 19.0 Å². The number of aryl methyl sites for hydroxylation is 1. The zero-order valence-corrected chi connectivity index (χ0v) is 14.5. The van der Waals surface area contributed by atoms with Crippen molar-refractivity contribution in [3.05, 3.63) is 34.7 Å². The molecule has 2 heterocycles. The third-order valence-corrected chi connectivity index (χ3v) is 3.88. The van der Waals surface area contributed by atoms with Gasteiger partial charge in [0.2, 0.25) is 5.69 Å². The summed E-state index contributed by atoms with van der Waals surface area (Å²) in [5, 5.41) is 7.77. The largest absolute Gasteiger partial charge is 0.495 e. The maximum Gasteiger partial charge on any atom is 0.361 e. The lowest BCUT2D eigenvalue weighted by Gasteiger charge is -2.13. The van der Waals surface area contributed by atoms with E-state index in [9.17, 15) is 4.79 Å². The van der Waals surface area contributed by atoms with Gasteiger partial charge < -0.3 is 19.3 Å². The number of fused-ring (bicyclic) bond motifs is 1. The number of hydrogen-bond acceptors (Lipinski definition) is 8. The van der Waals surface area contributed by atoms with Crippen LogP contribution in [-0.2, 0) is 4.74 Å². The number of nitrogens with zero attached hydrogens (tertiary/aromatic N) is 3. The first kappa shape index (κ1) is 17.0. The van der Waals surface area contributed by atoms with Crippen LogP contribution in [0.15, 0.2) is 23.0 Å². The summed E-state index contributed by atoms with van der Waals surface area (Å²) in [5.74, 6) is 0.254. The van der Waals surface area contributed by atoms with Gasteiger partial charge >= 0.3 is 5.97 Å². The quantitative estimate of drug-likeness (QED) is 0.688. The molecule has 0 spiro atoms. The van der Waals surface area contributed by atoms with E-state index in [4.69, 9.17) is 25.6 Å². The van der Waals surface area contributed by atoms with E-state index in [1.807, 2.05) is 13.0 Å². The van der Waals surface area contributed by atoms with E-state index in [1.165, 1.54) is 13.4 Å². The number of benzene rings is 1. The van der Waals surface area contributed by atoms with Crippen LogP contribution in [0.5, 0.6) is 5.75 Å². The fourth-order valence-electron chi connectivity index (χ4n) is 2.28. The number of nitrogens with one attached hydrogen (secondary N) is 1. The lowest BCUT2D eigenvalue weighted by atomic mass is 10.2. The summed E-state index contributed by atoms with van der Waals surface area (Å²) < 4.78 is 15.4. The number of carbonyl (C=O) groups is 1. The second-order valence-corrected chi connectivity index (χ2v) is 5.49. The lowest BCUT2D eigenvalue weighted by molar-refractivity contribution is 0.0517. The monoisotopic (exact) mass is 362 g/mol. The summed E-state index contributed by atoms with van der Waals surface area (Å²) >= 11 is 6.13. The van der Waals surface area contributed by atoms with Crippen molar-refractivity contribution >= 4 is 40.2 Å². The highest BCUT2D eigenvalue weighted by atomic mass is 35.5. The van der Waals surface area contributed by atoms with Gasteiger partial charge in [-0.15, -0.1) is 0 Å². The van der Waals surface area contributed by atoms with Crippen LogP contribution in [-0.4, -0.2) is 34.8 Å². The molecule has 0 radical (unpaired) electrons. The lowest BCUT2D eigenvalue weighted by Crippen LogP contribution is -2.07. The Morgan fingerprint density at radius 2 is 2.16 bits per heavy atom. The highest BCUT2D eigenvalue weighted by Gasteiger charge is 2.23. The normalized spacial score (nSPS) is 10.7. The Kier molecular flexibility index (Phi) is 4.71. The van der Waals surface area contributed by atoms with Crippen molar-refractivity contribution in [3.8, 4) is 5.75 Å². The molecule has 130 valence electrons. The van der Waals surface area contributed by atoms with Gasteiger partial charge in [0.25, 0.3) is 5.71 Å². The molecule has 1 aromatic carbocycles. The van der Waals surface area contributed by atoms with E-state index in [0.29, 0.717) is 27.7 Å². The molecule has 0 fully saturated rings. The first-order chi connectivity index (χ1) is 12.0. The van der Waals surface area contributed by atoms with Gasteiger partial charge in [-0.05, 0) is 25.5 Å². The van der Waals surface area contributed by atoms with Gasteiger partial charge in [0.1, 0.15) is 23.3 Å². The molecule has 25 heavy (non-hydrogen) atoms. The molecule has 0 aliphatic carbocycles. The first-order valence-electron chi connectivity index (χ1n) is 7.43. The standard InChI is InChI=1S/C16H15ClN4O4/c1-4-24-16(22)13-12-14(18-7-19-15(12)25-21-13)20-10-5-8(2)9(17)6-11(10)23-3/h5-7H,4H2,1-3H3,(H,18,19,20). The van der Waals surface area contributed by atoms with Crippen molar-refractivity contribution in [1.29, 1.82) is 0 Å². The number of anilines is 2. The van der Waals surface area contributed by atoms with Crippen molar-refractivity contribution in [3.63, 3.8) is 0 Å². The predicted molar refractivity (Wildman–Crippen MR) is 91.6 cm³/mol. The Morgan fingerprint density at radius 1 is 1.36 bits per heavy atom. The average molecular weight is 363 g/mol. The molecule has 0 aliphatic rings. The number of hydrogen-bond donors (Lipinski definition) is 1. The molecule has 0 amide bonds. The zero-order chi connectivity index (χ0) is 18.0. The molecular weight excluding hydrogens is 348 g/mol. The average Bonchev–Trinajstić information content (AvgIpc) is 3.03. The summed E-state index contributed by atoms with van der Waals surface area (Å²) in [6, 6.07) is 3.50. The minimum Gasteiger partial charge on any atom is -0.495 e. The number of rotatable bonds is 5. The van der Waals surface area contributed by atoms with Crippen LogP contribution in [0.1, 0.15) is 23.0 Å². The van der Waals surface area contributed by atoms with Gasteiger partial charge in [-0.25, -0.2) is 9.78 Å². The van der Waals surface area contributed by atoms with Crippen molar-refractivity contribution in [1.82, 2.24) is 15.1 Å². The van der Waals surface area contributed by atoms with Gasteiger partial charge in [-0.1, -0.05) is 16.8 Å². The van der Waals surface area contributed by atoms with Crippen molar-refractivity contribution < 1.29 is 18.8 Å². The number of methoxy groups -OCH3 is 1. The van der Waals surface area contributed by atoms with E-state index < -0.39 is 5.97 Å². The number of halogens is 1. The third kappa shape index (κ3) is 3.20. The Hall–Kier alpha value is -2.87.